The van der Waals surface area contributed by atoms with Crippen LogP contribution in [0, 0.1) is 11.8 Å². The summed E-state index contributed by atoms with van der Waals surface area (Å²) in [7, 11) is -3.63. The molecule has 1 N–H and O–H groups in total. The Balaban J connectivity index is 2.25. The van der Waals surface area contributed by atoms with Crippen LogP contribution in [0.4, 0.5) is 0 Å². The lowest BCUT2D eigenvalue weighted by Gasteiger charge is -2.49. The maximum absolute atomic E-state index is 10.8. The highest BCUT2D eigenvalue weighted by Gasteiger charge is 2.46. The van der Waals surface area contributed by atoms with Gasteiger partial charge in [-0.2, -0.15) is 0 Å². The molecule has 0 spiro atoms. The molecule has 3 atom stereocenters. The minimum absolute atomic E-state index is 0.0302. The highest BCUT2D eigenvalue weighted by Crippen LogP contribution is 2.47. The molecule has 2 rings (SSSR count). The summed E-state index contributed by atoms with van der Waals surface area (Å²) in [5, 5.41) is 9.11. The highest BCUT2D eigenvalue weighted by molar-refractivity contribution is 6.74. The van der Waals surface area contributed by atoms with Crippen LogP contribution in [0.25, 0.3) is 0 Å². The van der Waals surface area contributed by atoms with Crippen molar-refractivity contribution in [3.63, 3.8) is 0 Å². The molecule has 0 aromatic rings. The first-order chi connectivity index (χ1) is 18.7. The van der Waals surface area contributed by atoms with Gasteiger partial charge in [-0.05, 0) is 106 Å². The van der Waals surface area contributed by atoms with Gasteiger partial charge in [-0.1, -0.05) is 72.5 Å². The molecule has 0 aliphatic heterocycles. The van der Waals surface area contributed by atoms with Gasteiger partial charge < -0.3 is 14.0 Å². The predicted octanol–water partition coefficient (Wildman–Crippen LogP) is 10.4. The molecule has 0 aromatic heterocycles. The van der Waals surface area contributed by atoms with E-state index in [2.05, 4.69) is 73.4 Å². The third-order valence-corrected chi connectivity index (χ3v) is 19.9. The van der Waals surface area contributed by atoms with E-state index in [1.807, 2.05) is 6.08 Å². The van der Waals surface area contributed by atoms with Crippen LogP contribution in [0.5, 0.6) is 0 Å². The van der Waals surface area contributed by atoms with Gasteiger partial charge in [0.1, 0.15) is 0 Å². The van der Waals surface area contributed by atoms with Crippen LogP contribution >= 0.6 is 0 Å². The average Bonchev–Trinajstić information content (AvgIpc) is 3.28. The minimum Gasteiger partial charge on any atom is -0.481 e. The maximum atomic E-state index is 10.8. The lowest BCUT2D eigenvalue weighted by molar-refractivity contribution is -0.136. The largest absolute Gasteiger partial charge is 0.481 e. The number of rotatable bonds is 16. The molecule has 1 unspecified atom stereocenters. The third-order valence-electron chi connectivity index (χ3n) is 10.7. The Hall–Kier alpha value is -0.916. The van der Waals surface area contributed by atoms with Crippen LogP contribution in [0.1, 0.15) is 119 Å². The van der Waals surface area contributed by atoms with Crippen LogP contribution < -0.4 is 0 Å². The predicted molar refractivity (Wildman–Crippen MR) is 175 cm³/mol. The molecule has 230 valence electrons. The molecule has 0 amide bonds. The second kappa shape index (κ2) is 15.5. The fourth-order valence-corrected chi connectivity index (χ4v) is 11.3. The third kappa shape index (κ3) is 9.83. The van der Waals surface area contributed by atoms with Gasteiger partial charge in [-0.15, -0.1) is 5.73 Å². The Bertz CT molecular complexity index is 878. The second-order valence-corrected chi connectivity index (χ2v) is 23.7. The number of carbonyl (C=O) groups is 1. The highest BCUT2D eigenvalue weighted by atomic mass is 28.4. The zero-order valence-corrected chi connectivity index (χ0v) is 29.5. The fourth-order valence-electron chi connectivity index (χ4n) is 6.69. The first kappa shape index (κ1) is 35.3. The fraction of sp³-hybridized carbons (Fsp3) is 0.824. The lowest BCUT2D eigenvalue weighted by atomic mass is 9.75. The Morgan fingerprint density at radius 1 is 1.05 bits per heavy atom. The van der Waals surface area contributed by atoms with Crippen molar-refractivity contribution < 1.29 is 18.8 Å². The molecule has 0 heterocycles. The molecule has 1 saturated carbocycles. The molecule has 6 heteroatoms. The van der Waals surface area contributed by atoms with Crippen LogP contribution in [0.3, 0.4) is 0 Å². The monoisotopic (exact) mass is 590 g/mol. The minimum atomic E-state index is -1.92. The molecular formula is C34H62O4Si2. The summed E-state index contributed by atoms with van der Waals surface area (Å²) in [4.78, 5) is 10.8. The Kier molecular flexibility index (Phi) is 13.7. The average molecular weight is 591 g/mol. The van der Waals surface area contributed by atoms with Gasteiger partial charge in [-0.25, -0.2) is 0 Å². The number of carboxylic acids is 1. The summed E-state index contributed by atoms with van der Waals surface area (Å²) >= 11 is 0. The lowest BCUT2D eigenvalue weighted by Crippen LogP contribution is -2.52. The maximum Gasteiger partial charge on any atom is 0.307 e. The van der Waals surface area contributed by atoms with E-state index in [4.69, 9.17) is 14.0 Å². The van der Waals surface area contributed by atoms with E-state index in [1.54, 1.807) is 11.6 Å². The standard InChI is InChI=1S/C34H62O4Si2/c1-10-40(11-2,12-3)37-31-25-24-28(30(31)22-18-13-14-19-23-32(35)36)26-27-34(7,29-20-16-15-17-21-29)38-39(8,9)33(4,5)6/h13,19,24,29-31H,10-12,15-18,20-23,25-27H2,1-9H3,(H,35,36)/t14?,30-,31+,34?/m1/s1. The summed E-state index contributed by atoms with van der Waals surface area (Å²) in [5.74, 6) is 0.263. The van der Waals surface area contributed by atoms with Crippen LogP contribution in [0.2, 0.25) is 36.3 Å². The molecule has 2 aliphatic rings. The van der Waals surface area contributed by atoms with Crippen LogP contribution in [-0.4, -0.2) is 39.4 Å². The van der Waals surface area contributed by atoms with Crippen molar-refractivity contribution in [3.05, 3.63) is 29.5 Å². The first-order valence-electron chi connectivity index (χ1n) is 16.4. The smallest absolute Gasteiger partial charge is 0.307 e. The van der Waals surface area contributed by atoms with Gasteiger partial charge >= 0.3 is 5.97 Å². The SMILES string of the molecule is CC[Si](CC)(CC)O[C@H]1CC=C(CCC(C)(O[Si](C)(C)C(C)(C)C)C2CCCCC2)[C@H]1CCC=C=CCC(=O)O. The summed E-state index contributed by atoms with van der Waals surface area (Å²) in [6.45, 7) is 21.3. The molecule has 0 radical (unpaired) electrons. The molecule has 0 aromatic carbocycles. The topological polar surface area (TPSA) is 55.8 Å². The van der Waals surface area contributed by atoms with Crippen molar-refractivity contribution in [3.8, 4) is 0 Å². The van der Waals surface area contributed by atoms with Gasteiger partial charge in [0.25, 0.3) is 0 Å². The summed E-state index contributed by atoms with van der Waals surface area (Å²) < 4.78 is 14.5. The summed E-state index contributed by atoms with van der Waals surface area (Å²) in [6, 6.07) is 3.53. The van der Waals surface area contributed by atoms with Crippen LogP contribution in [0.15, 0.2) is 29.5 Å². The summed E-state index contributed by atoms with van der Waals surface area (Å²) in [5.41, 5.74) is 4.58. The molecule has 0 saturated heterocycles. The van der Waals surface area contributed by atoms with E-state index in [1.165, 1.54) is 50.2 Å². The molecular weight excluding hydrogens is 529 g/mol. The van der Waals surface area contributed by atoms with Crippen molar-refractivity contribution in [2.45, 2.75) is 167 Å². The number of hydrogen-bond acceptors (Lipinski definition) is 3. The number of carboxylic acid groups (broad SMARTS) is 1. The molecule has 0 bridgehead atoms. The number of aliphatic carboxylic acids is 1. The van der Waals surface area contributed by atoms with Crippen molar-refractivity contribution in [2.24, 2.45) is 11.8 Å². The van der Waals surface area contributed by atoms with Crippen molar-refractivity contribution in [2.75, 3.05) is 0 Å². The van der Waals surface area contributed by atoms with E-state index in [9.17, 15) is 4.79 Å². The zero-order valence-electron chi connectivity index (χ0n) is 27.5. The van der Waals surface area contributed by atoms with Gasteiger partial charge in [0.2, 0.25) is 0 Å². The van der Waals surface area contributed by atoms with E-state index in [0.29, 0.717) is 11.8 Å². The van der Waals surface area contributed by atoms with E-state index < -0.39 is 22.6 Å². The first-order valence-corrected chi connectivity index (χ1v) is 21.8. The zero-order chi connectivity index (χ0) is 30.0. The quantitative estimate of drug-likeness (QED) is 0.110. The molecule has 2 aliphatic carbocycles. The van der Waals surface area contributed by atoms with E-state index in [0.717, 1.165) is 32.1 Å². The van der Waals surface area contributed by atoms with Gasteiger partial charge in [0.05, 0.1) is 18.1 Å². The molecule has 1 fully saturated rings. The van der Waals surface area contributed by atoms with E-state index >= 15 is 0 Å². The Morgan fingerprint density at radius 3 is 2.23 bits per heavy atom. The van der Waals surface area contributed by atoms with Crippen molar-refractivity contribution in [1.82, 2.24) is 0 Å². The van der Waals surface area contributed by atoms with Crippen molar-refractivity contribution in [1.29, 1.82) is 0 Å². The van der Waals surface area contributed by atoms with Crippen molar-refractivity contribution >= 4 is 22.6 Å². The van der Waals surface area contributed by atoms with Gasteiger partial charge in [0, 0.05) is 5.92 Å². The normalized spacial score (nSPS) is 22.4. The molecule has 4 nitrogen and oxygen atoms in total. The van der Waals surface area contributed by atoms with Gasteiger partial charge in [-0.3, -0.25) is 4.79 Å². The Morgan fingerprint density at radius 2 is 1.68 bits per heavy atom. The van der Waals surface area contributed by atoms with Crippen LogP contribution in [-0.2, 0) is 13.6 Å². The van der Waals surface area contributed by atoms with E-state index in [-0.39, 0.29) is 23.2 Å². The number of hydrogen-bond donors (Lipinski definition) is 1. The Labute approximate surface area is 249 Å². The van der Waals surface area contributed by atoms with Gasteiger partial charge in [0.15, 0.2) is 16.6 Å². The molecule has 40 heavy (non-hydrogen) atoms. The summed E-state index contributed by atoms with van der Waals surface area (Å²) in [6.07, 6.45) is 18.2. The second-order valence-electron chi connectivity index (χ2n) is 14.3.